The summed E-state index contributed by atoms with van der Waals surface area (Å²) in [6, 6.07) is 18.3. The summed E-state index contributed by atoms with van der Waals surface area (Å²) in [4.78, 5) is 10.1. The van der Waals surface area contributed by atoms with Gasteiger partial charge >= 0.3 is 0 Å². The maximum atomic E-state index is 6.26. The van der Waals surface area contributed by atoms with Gasteiger partial charge in [-0.05, 0) is 150 Å². The number of likely N-dealkylation sites (N-methyl/N-ethyl adjacent to an activating group) is 2. The van der Waals surface area contributed by atoms with Gasteiger partial charge in [-0.2, -0.15) is 0 Å². The maximum absolute atomic E-state index is 6.26. The molecule has 0 aromatic heterocycles. The topological polar surface area (TPSA) is 31.4 Å². The van der Waals surface area contributed by atoms with E-state index in [0.717, 1.165) is 61.2 Å². The second-order valence-electron chi connectivity index (χ2n) is 17.0. The minimum Gasteiger partial charge on any atom is -0.494 e. The minimum absolute atomic E-state index is 0.760. The molecule has 0 atom stereocenters. The lowest BCUT2D eigenvalue weighted by atomic mass is 9.53. The van der Waals surface area contributed by atoms with Gasteiger partial charge in [0.15, 0.2) is 0 Å². The Kier molecular flexibility index (Phi) is 13.5. The van der Waals surface area contributed by atoms with Crippen LogP contribution in [0.4, 0.5) is 0 Å². The van der Waals surface area contributed by atoms with Crippen molar-refractivity contribution in [2.45, 2.75) is 83.5 Å². The van der Waals surface area contributed by atoms with E-state index >= 15 is 0 Å². The van der Waals surface area contributed by atoms with Crippen LogP contribution in [0.1, 0.15) is 94.6 Å². The average molecular weight is 697 g/mol. The summed E-state index contributed by atoms with van der Waals surface area (Å²) in [6.07, 6.45) is 17.1. The summed E-state index contributed by atoms with van der Waals surface area (Å²) < 4.78 is 12.5. The van der Waals surface area contributed by atoms with E-state index in [1.165, 1.54) is 153 Å². The molecular formula is C45H68N4O2. The number of nitrogens with zero attached hydrogens (tertiary/aromatic N) is 4. The van der Waals surface area contributed by atoms with E-state index in [2.05, 4.69) is 82.2 Å². The van der Waals surface area contributed by atoms with Crippen molar-refractivity contribution in [2.75, 3.05) is 92.8 Å². The van der Waals surface area contributed by atoms with E-state index in [1.807, 2.05) is 0 Å². The number of hydrogen-bond acceptors (Lipinski definition) is 6. The third-order valence-electron chi connectivity index (χ3n) is 13.1. The maximum Gasteiger partial charge on any atom is 0.119 e. The highest BCUT2D eigenvalue weighted by molar-refractivity contribution is 5.83. The standard InChI is InChI=1S/C45H68N4O2/c1-46-21-25-48(26-22-46)19-7-3-5-9-29-50-42-15-11-38(12-16-42)44(45-40-32-36-31-37(34-40)35-41(45)33-36)39-13-17-43(18-14-39)51-30-10-6-4-8-20-49-27-23-47(2)24-28-49/h11-18,36-37,40-41H,3-10,19-35H2,1-2H3. The molecular weight excluding hydrogens is 629 g/mol. The van der Waals surface area contributed by atoms with E-state index < -0.39 is 0 Å². The lowest BCUT2D eigenvalue weighted by Crippen LogP contribution is -2.44. The summed E-state index contributed by atoms with van der Waals surface area (Å²) in [5.74, 6) is 5.46. The molecule has 0 N–H and O–H groups in total. The van der Waals surface area contributed by atoms with Gasteiger partial charge < -0.3 is 29.1 Å². The number of benzene rings is 2. The van der Waals surface area contributed by atoms with Crippen molar-refractivity contribution in [3.63, 3.8) is 0 Å². The van der Waals surface area contributed by atoms with Gasteiger partial charge in [-0.25, -0.2) is 0 Å². The van der Waals surface area contributed by atoms with Gasteiger partial charge in [-0.3, -0.25) is 0 Å². The summed E-state index contributed by atoms with van der Waals surface area (Å²) in [5, 5.41) is 0. The van der Waals surface area contributed by atoms with Crippen molar-refractivity contribution in [2.24, 2.45) is 23.7 Å². The first-order valence-electron chi connectivity index (χ1n) is 21.1. The van der Waals surface area contributed by atoms with Crippen LogP contribution >= 0.6 is 0 Å². The fraction of sp³-hybridized carbons (Fsp3) is 0.689. The molecule has 4 bridgehead atoms. The predicted molar refractivity (Wildman–Crippen MR) is 212 cm³/mol. The van der Waals surface area contributed by atoms with E-state index in [4.69, 9.17) is 9.47 Å². The van der Waals surface area contributed by atoms with Crippen molar-refractivity contribution in [3.8, 4) is 11.5 Å². The number of ether oxygens (including phenoxy) is 2. The molecule has 2 aromatic rings. The predicted octanol–water partition coefficient (Wildman–Crippen LogP) is 8.32. The van der Waals surface area contributed by atoms with Gasteiger partial charge in [-0.1, -0.05) is 55.5 Å². The number of piperazine rings is 2. The molecule has 8 rings (SSSR count). The van der Waals surface area contributed by atoms with Gasteiger partial charge in [-0.15, -0.1) is 0 Å². The molecule has 2 aliphatic heterocycles. The van der Waals surface area contributed by atoms with Crippen LogP contribution in [0, 0.1) is 23.7 Å². The molecule has 6 heteroatoms. The molecule has 2 aromatic carbocycles. The largest absolute Gasteiger partial charge is 0.494 e. The molecule has 0 amide bonds. The van der Waals surface area contributed by atoms with Crippen LogP contribution < -0.4 is 9.47 Å². The Morgan fingerprint density at radius 3 is 1.29 bits per heavy atom. The Morgan fingerprint density at radius 1 is 0.490 bits per heavy atom. The van der Waals surface area contributed by atoms with Crippen LogP contribution in [0.3, 0.4) is 0 Å². The number of allylic oxidation sites excluding steroid dienone is 1. The van der Waals surface area contributed by atoms with Gasteiger partial charge in [0.1, 0.15) is 11.5 Å². The fourth-order valence-electron chi connectivity index (χ4n) is 10.1. The quantitative estimate of drug-likeness (QED) is 0.146. The van der Waals surface area contributed by atoms with E-state index in [0.29, 0.717) is 0 Å². The zero-order valence-corrected chi connectivity index (χ0v) is 32.2. The molecule has 2 saturated heterocycles. The van der Waals surface area contributed by atoms with Crippen molar-refractivity contribution in [1.29, 1.82) is 0 Å². The Morgan fingerprint density at radius 2 is 0.882 bits per heavy atom. The molecule has 4 saturated carbocycles. The summed E-state index contributed by atoms with van der Waals surface area (Å²) in [5.41, 5.74) is 5.98. The van der Waals surface area contributed by atoms with Crippen LogP contribution in [0.2, 0.25) is 0 Å². The summed E-state index contributed by atoms with van der Waals surface area (Å²) in [6.45, 7) is 13.9. The van der Waals surface area contributed by atoms with Gasteiger partial charge in [0.25, 0.3) is 0 Å². The third kappa shape index (κ3) is 10.4. The van der Waals surface area contributed by atoms with Crippen LogP contribution in [0.25, 0.3) is 5.57 Å². The number of rotatable bonds is 18. The highest BCUT2D eigenvalue weighted by Crippen LogP contribution is 2.58. The molecule has 6 aliphatic rings. The number of hydrogen-bond donors (Lipinski definition) is 0. The molecule has 6 fully saturated rings. The van der Waals surface area contributed by atoms with Crippen molar-refractivity contribution in [3.05, 3.63) is 65.2 Å². The molecule has 6 nitrogen and oxygen atoms in total. The summed E-state index contributed by atoms with van der Waals surface area (Å²) in [7, 11) is 4.47. The molecule has 4 aliphatic carbocycles. The Bertz CT molecular complexity index is 1250. The minimum atomic E-state index is 0.760. The zero-order valence-electron chi connectivity index (χ0n) is 32.2. The lowest BCUT2D eigenvalue weighted by molar-refractivity contribution is 0.0705. The second kappa shape index (κ2) is 18.6. The highest BCUT2D eigenvalue weighted by Gasteiger charge is 2.46. The smallest absolute Gasteiger partial charge is 0.119 e. The SMILES string of the molecule is CN1CCN(CCCCCCOc2ccc(C(=C3C4CC5CC(C4)CC3C5)c3ccc(OCCCCCCN4CCN(C)CC4)cc3)cc2)CC1. The normalized spacial score (nSPS) is 25.8. The lowest BCUT2D eigenvalue weighted by Gasteiger charge is -2.52. The number of unbranched alkanes of at least 4 members (excludes halogenated alkanes) is 6. The molecule has 280 valence electrons. The van der Waals surface area contributed by atoms with Crippen LogP contribution in [-0.2, 0) is 0 Å². The molecule has 2 heterocycles. The van der Waals surface area contributed by atoms with Crippen molar-refractivity contribution in [1.82, 2.24) is 19.6 Å². The average Bonchev–Trinajstić information content (AvgIpc) is 3.14. The van der Waals surface area contributed by atoms with Gasteiger partial charge in [0, 0.05) is 52.4 Å². The second-order valence-corrected chi connectivity index (χ2v) is 17.0. The Hall–Kier alpha value is -2.38. The molecule has 51 heavy (non-hydrogen) atoms. The highest BCUT2D eigenvalue weighted by atomic mass is 16.5. The van der Waals surface area contributed by atoms with Crippen molar-refractivity contribution >= 4 is 5.57 Å². The Labute approximate surface area is 310 Å². The van der Waals surface area contributed by atoms with Gasteiger partial charge in [0.05, 0.1) is 13.2 Å². The molecule has 0 spiro atoms. The monoisotopic (exact) mass is 697 g/mol. The van der Waals surface area contributed by atoms with E-state index in [1.54, 1.807) is 5.57 Å². The third-order valence-corrected chi connectivity index (χ3v) is 13.1. The van der Waals surface area contributed by atoms with Crippen molar-refractivity contribution < 1.29 is 9.47 Å². The van der Waals surface area contributed by atoms with Crippen LogP contribution in [-0.4, -0.2) is 112 Å². The molecule has 0 radical (unpaired) electrons. The summed E-state index contributed by atoms with van der Waals surface area (Å²) >= 11 is 0. The first kappa shape index (κ1) is 37.0. The van der Waals surface area contributed by atoms with Crippen LogP contribution in [0.5, 0.6) is 11.5 Å². The van der Waals surface area contributed by atoms with E-state index in [9.17, 15) is 0 Å². The zero-order chi connectivity index (χ0) is 34.8. The first-order chi connectivity index (χ1) is 25.1. The Balaban J connectivity index is 0.896. The first-order valence-corrected chi connectivity index (χ1v) is 21.1. The fourth-order valence-corrected chi connectivity index (χ4v) is 10.1. The van der Waals surface area contributed by atoms with Crippen LogP contribution in [0.15, 0.2) is 54.1 Å². The molecule has 0 unspecified atom stereocenters. The van der Waals surface area contributed by atoms with E-state index in [-0.39, 0.29) is 0 Å². The van der Waals surface area contributed by atoms with Gasteiger partial charge in [0.2, 0.25) is 0 Å².